The summed E-state index contributed by atoms with van der Waals surface area (Å²) in [6.45, 7) is 5.73. The SMILES string of the molecule is CCCCCCCCCCCCCCC(C)(C(=O)O)n1nnnc1-c1cnc2c(C)cccn2c1=O. The minimum absolute atomic E-state index is 0.118. The van der Waals surface area contributed by atoms with Crippen molar-refractivity contribution < 1.29 is 9.90 Å². The lowest BCUT2D eigenvalue weighted by Gasteiger charge is -2.25. The number of nitrogens with zero attached hydrogens (tertiary/aromatic N) is 6. The fraction of sp³-hybridized carbons (Fsp3) is 0.630. The molecule has 3 heterocycles. The van der Waals surface area contributed by atoms with Gasteiger partial charge in [-0.2, -0.15) is 0 Å². The summed E-state index contributed by atoms with van der Waals surface area (Å²) in [6.07, 6.45) is 17.9. The standard InChI is InChI=1S/C27H40N6O3/c1-4-5-6-7-8-9-10-11-12-13-14-15-18-27(3,26(35)36)33-24(29-30-31-33)22-20-28-23-21(2)17-16-19-32(23)25(22)34/h16-17,19-20H,4-15,18H2,1-3H3,(H,35,36). The molecular weight excluding hydrogens is 456 g/mol. The maximum atomic E-state index is 13.2. The molecule has 0 aromatic carbocycles. The molecule has 0 spiro atoms. The third-order valence-corrected chi connectivity index (χ3v) is 7.08. The number of fused-ring (bicyclic) bond motifs is 1. The Labute approximate surface area is 213 Å². The van der Waals surface area contributed by atoms with Crippen LogP contribution in [0.3, 0.4) is 0 Å². The third-order valence-electron chi connectivity index (χ3n) is 7.08. The topological polar surface area (TPSA) is 115 Å². The highest BCUT2D eigenvalue weighted by molar-refractivity contribution is 5.77. The monoisotopic (exact) mass is 496 g/mol. The Bertz CT molecular complexity index is 1190. The van der Waals surface area contributed by atoms with Crippen molar-refractivity contribution in [1.82, 2.24) is 29.6 Å². The van der Waals surface area contributed by atoms with E-state index >= 15 is 0 Å². The summed E-state index contributed by atoms with van der Waals surface area (Å²) in [6, 6.07) is 3.65. The lowest BCUT2D eigenvalue weighted by Crippen LogP contribution is -2.41. The molecule has 3 aromatic heterocycles. The van der Waals surface area contributed by atoms with E-state index in [9.17, 15) is 14.7 Å². The van der Waals surface area contributed by atoms with Crippen LogP contribution in [0.5, 0.6) is 0 Å². The van der Waals surface area contributed by atoms with E-state index in [2.05, 4.69) is 27.4 Å². The van der Waals surface area contributed by atoms with Crippen LogP contribution >= 0.6 is 0 Å². The number of aliphatic carboxylic acids is 1. The minimum atomic E-state index is -1.37. The second-order valence-corrected chi connectivity index (χ2v) is 9.99. The molecule has 0 aliphatic rings. The van der Waals surface area contributed by atoms with Crippen molar-refractivity contribution >= 4 is 11.6 Å². The van der Waals surface area contributed by atoms with Crippen molar-refractivity contribution in [3.63, 3.8) is 0 Å². The van der Waals surface area contributed by atoms with Crippen LogP contribution in [0.15, 0.2) is 29.3 Å². The van der Waals surface area contributed by atoms with Crippen molar-refractivity contribution in [1.29, 1.82) is 0 Å². The first-order valence-electron chi connectivity index (χ1n) is 13.4. The van der Waals surface area contributed by atoms with Gasteiger partial charge in [0, 0.05) is 12.4 Å². The first kappa shape index (κ1) is 27.5. The largest absolute Gasteiger partial charge is 0.479 e. The molecule has 196 valence electrons. The number of aryl methyl sites for hydroxylation is 1. The molecule has 3 aromatic rings. The zero-order valence-corrected chi connectivity index (χ0v) is 21.9. The van der Waals surface area contributed by atoms with Gasteiger partial charge in [0.2, 0.25) is 0 Å². The quantitative estimate of drug-likeness (QED) is 0.259. The van der Waals surface area contributed by atoms with E-state index in [0.717, 1.165) is 24.8 Å². The number of carbonyl (C=O) groups is 1. The van der Waals surface area contributed by atoms with E-state index in [0.29, 0.717) is 12.1 Å². The van der Waals surface area contributed by atoms with Gasteiger partial charge in [-0.1, -0.05) is 90.0 Å². The first-order valence-corrected chi connectivity index (χ1v) is 13.4. The highest BCUT2D eigenvalue weighted by Gasteiger charge is 2.39. The smallest absolute Gasteiger partial charge is 0.331 e. The molecule has 0 aliphatic carbocycles. The fourth-order valence-electron chi connectivity index (χ4n) is 4.70. The Morgan fingerprint density at radius 3 is 2.22 bits per heavy atom. The summed E-state index contributed by atoms with van der Waals surface area (Å²) in [5.74, 6) is -0.906. The van der Waals surface area contributed by atoms with E-state index in [1.54, 1.807) is 19.2 Å². The Morgan fingerprint density at radius 1 is 1.00 bits per heavy atom. The van der Waals surface area contributed by atoms with Crippen molar-refractivity contribution in [2.24, 2.45) is 0 Å². The molecule has 3 rings (SSSR count). The van der Waals surface area contributed by atoms with Crippen LogP contribution in [0.25, 0.3) is 17.0 Å². The van der Waals surface area contributed by atoms with Crippen LogP contribution in [-0.2, 0) is 10.3 Å². The zero-order valence-electron chi connectivity index (χ0n) is 21.9. The molecule has 1 N–H and O–H groups in total. The number of hydrogen-bond donors (Lipinski definition) is 1. The molecule has 0 saturated carbocycles. The van der Waals surface area contributed by atoms with Gasteiger partial charge >= 0.3 is 5.97 Å². The number of unbranched alkanes of at least 4 members (excludes halogenated alkanes) is 11. The lowest BCUT2D eigenvalue weighted by molar-refractivity contribution is -0.147. The van der Waals surface area contributed by atoms with Gasteiger partial charge in [-0.05, 0) is 42.3 Å². The molecule has 0 aliphatic heterocycles. The number of rotatable bonds is 16. The summed E-state index contributed by atoms with van der Waals surface area (Å²) >= 11 is 0. The molecule has 0 bridgehead atoms. The third kappa shape index (κ3) is 6.56. The molecular formula is C27H40N6O3. The molecule has 9 heteroatoms. The molecule has 9 nitrogen and oxygen atoms in total. The highest BCUT2D eigenvalue weighted by Crippen LogP contribution is 2.28. The summed E-state index contributed by atoms with van der Waals surface area (Å²) in [5.41, 5.74) is -0.121. The molecule has 0 fully saturated rings. The van der Waals surface area contributed by atoms with Gasteiger partial charge < -0.3 is 5.11 Å². The lowest BCUT2D eigenvalue weighted by atomic mass is 9.93. The predicted octanol–water partition coefficient (Wildman–Crippen LogP) is 5.55. The normalized spacial score (nSPS) is 13.2. The van der Waals surface area contributed by atoms with Crippen LogP contribution in [0, 0.1) is 6.92 Å². The number of hydrogen-bond acceptors (Lipinski definition) is 6. The van der Waals surface area contributed by atoms with Crippen LogP contribution in [0.4, 0.5) is 0 Å². The van der Waals surface area contributed by atoms with E-state index in [1.165, 1.54) is 73.1 Å². The minimum Gasteiger partial charge on any atom is -0.479 e. The van der Waals surface area contributed by atoms with Crippen molar-refractivity contribution in [2.75, 3.05) is 0 Å². The highest BCUT2D eigenvalue weighted by atomic mass is 16.4. The van der Waals surface area contributed by atoms with Gasteiger partial charge in [-0.15, -0.1) is 5.10 Å². The number of pyridine rings is 1. The van der Waals surface area contributed by atoms with Crippen LogP contribution in [-0.4, -0.2) is 40.7 Å². The van der Waals surface area contributed by atoms with Gasteiger partial charge in [-0.3, -0.25) is 9.20 Å². The number of tetrazole rings is 1. The van der Waals surface area contributed by atoms with Crippen LogP contribution in [0.1, 0.15) is 103 Å². The number of carboxylic acid groups (broad SMARTS) is 1. The average Bonchev–Trinajstić information content (AvgIpc) is 3.35. The summed E-state index contributed by atoms with van der Waals surface area (Å²) in [5, 5.41) is 21.9. The van der Waals surface area contributed by atoms with E-state index in [1.807, 2.05) is 13.0 Å². The Kier molecular flexibility index (Phi) is 10.1. The van der Waals surface area contributed by atoms with Crippen molar-refractivity contribution in [3.8, 4) is 11.4 Å². The summed E-state index contributed by atoms with van der Waals surface area (Å²) in [7, 11) is 0. The van der Waals surface area contributed by atoms with Crippen LogP contribution in [0.2, 0.25) is 0 Å². The van der Waals surface area contributed by atoms with Crippen LogP contribution < -0.4 is 5.56 Å². The van der Waals surface area contributed by atoms with E-state index < -0.39 is 11.5 Å². The van der Waals surface area contributed by atoms with Gasteiger partial charge in [0.25, 0.3) is 5.56 Å². The first-order chi connectivity index (χ1) is 17.4. The summed E-state index contributed by atoms with van der Waals surface area (Å²) < 4.78 is 2.71. The molecule has 0 saturated heterocycles. The van der Waals surface area contributed by atoms with Gasteiger partial charge in [0.15, 0.2) is 11.4 Å². The Balaban J connectivity index is 1.59. The average molecular weight is 497 g/mol. The maximum Gasteiger partial charge on any atom is 0.331 e. The van der Waals surface area contributed by atoms with E-state index in [4.69, 9.17) is 0 Å². The van der Waals surface area contributed by atoms with Crippen molar-refractivity contribution in [3.05, 3.63) is 40.4 Å². The molecule has 0 amide bonds. The molecule has 1 unspecified atom stereocenters. The second kappa shape index (κ2) is 13.3. The molecule has 0 radical (unpaired) electrons. The predicted molar refractivity (Wildman–Crippen MR) is 140 cm³/mol. The molecule has 36 heavy (non-hydrogen) atoms. The second-order valence-electron chi connectivity index (χ2n) is 9.99. The van der Waals surface area contributed by atoms with Gasteiger partial charge in [-0.25, -0.2) is 14.5 Å². The fourth-order valence-corrected chi connectivity index (χ4v) is 4.70. The van der Waals surface area contributed by atoms with E-state index in [-0.39, 0.29) is 16.9 Å². The maximum absolute atomic E-state index is 13.2. The number of aromatic nitrogens is 6. The van der Waals surface area contributed by atoms with Gasteiger partial charge in [0.1, 0.15) is 11.2 Å². The summed E-state index contributed by atoms with van der Waals surface area (Å²) in [4.78, 5) is 29.9. The number of carboxylic acids is 1. The van der Waals surface area contributed by atoms with Gasteiger partial charge in [0.05, 0.1) is 0 Å². The Morgan fingerprint density at radius 2 is 1.61 bits per heavy atom. The Hall–Kier alpha value is -3.10. The zero-order chi connectivity index (χ0) is 26.0. The molecule has 1 atom stereocenters. The van der Waals surface area contributed by atoms with Crippen molar-refractivity contribution in [2.45, 2.75) is 110 Å².